The summed E-state index contributed by atoms with van der Waals surface area (Å²) in [5.41, 5.74) is 12.8. The van der Waals surface area contributed by atoms with Crippen molar-refractivity contribution in [1.82, 2.24) is 77.1 Å². The third kappa shape index (κ3) is 28.9. The number of carboxylic acids is 3. The zero-order valence-electron chi connectivity index (χ0n) is 58.9. The molecule has 2 aromatic heterocycles. The van der Waals surface area contributed by atoms with Crippen LogP contribution in [0.15, 0.2) is 67.3 Å². The molecule has 9 atom stereocenters. The van der Waals surface area contributed by atoms with Gasteiger partial charge in [0.25, 0.3) is 5.91 Å². The number of primary amides is 2. The van der Waals surface area contributed by atoms with Crippen LogP contribution in [0.5, 0.6) is 5.75 Å². The summed E-state index contributed by atoms with van der Waals surface area (Å²) >= 11 is 1.45. The number of imidazole rings is 1. The summed E-state index contributed by atoms with van der Waals surface area (Å²) in [7, 11) is 0. The fraction of sp³-hybridized carbons (Fsp3) is 0.552. The van der Waals surface area contributed by atoms with Crippen molar-refractivity contribution in [3.8, 4) is 5.75 Å². The topological polar surface area (TPSA) is 518 Å². The lowest BCUT2D eigenvalue weighted by molar-refractivity contribution is -0.141. The first-order valence-corrected chi connectivity index (χ1v) is 35.2. The van der Waals surface area contributed by atoms with Crippen LogP contribution < -0.4 is 58.7 Å². The molecule has 2 aromatic carbocycles. The molecule has 36 heteroatoms. The number of benzene rings is 2. The monoisotopic (exact) mass is 1460 g/mol. The molecule has 0 spiro atoms. The Morgan fingerprint density at radius 2 is 1.15 bits per heavy atom. The van der Waals surface area contributed by atoms with Gasteiger partial charge in [0.05, 0.1) is 32.5 Å². The molecular weight excluding hydrogens is 1360 g/mol. The fourth-order valence-electron chi connectivity index (χ4n) is 11.3. The second-order valence-electron chi connectivity index (χ2n) is 26.0. The maximum atomic E-state index is 14.5. The lowest BCUT2D eigenvalue weighted by Gasteiger charge is -2.37. The number of aliphatic hydroxyl groups is 1. The molecule has 10 amide bonds. The van der Waals surface area contributed by atoms with Crippen LogP contribution in [0, 0.1) is 11.8 Å². The highest BCUT2D eigenvalue weighted by Crippen LogP contribution is 2.22. The number of ether oxygens (including phenoxy) is 1. The molecule has 0 aliphatic carbocycles. The maximum Gasteiger partial charge on any atom is 0.317 e. The summed E-state index contributed by atoms with van der Waals surface area (Å²) in [6.07, 6.45) is 3.31. The second kappa shape index (κ2) is 42.0. The van der Waals surface area contributed by atoms with Crippen molar-refractivity contribution in [1.29, 1.82) is 0 Å². The third-order valence-electron chi connectivity index (χ3n) is 16.8. The van der Waals surface area contributed by atoms with Crippen LogP contribution in [-0.2, 0) is 70.4 Å². The number of rotatable bonds is 40. The van der Waals surface area contributed by atoms with Gasteiger partial charge >= 0.3 is 17.9 Å². The van der Waals surface area contributed by atoms with E-state index in [9.17, 15) is 82.8 Å². The first-order chi connectivity index (χ1) is 48.8. The van der Waals surface area contributed by atoms with Gasteiger partial charge in [-0.05, 0) is 92.8 Å². The lowest BCUT2D eigenvalue weighted by atomic mass is 10.0. The number of para-hydroxylation sites is 1. The number of carboxylic acid groups (broad SMARTS) is 3. The van der Waals surface area contributed by atoms with Crippen molar-refractivity contribution in [2.24, 2.45) is 23.3 Å². The fourth-order valence-corrected chi connectivity index (χ4v) is 11.7. The molecule has 5 rings (SSSR count). The summed E-state index contributed by atoms with van der Waals surface area (Å²) in [5.74, 6) is -11.5. The third-order valence-corrected chi connectivity index (χ3v) is 17.4. The SMILES string of the molecule is CSCC[C@H](NC(=O)[C@H](CC(C)C)NC(=O)[C@H](Cc1cnc[nH]1)NC(=O)CNC(=O)[C@@H](NC(=O)[C@H](C)NC(=O)[C@H](Cc1c[nH]c2ccccc12)NC(=O)[C@H](CCC(N)=O)NC(=O)c1ccc(OC(C(C)O)N2CCN(CC(=O)O)CCN(CC(=O)O)CCN(CC(=O)O)CC2)cc1)C(C)C)C(N)=O. The van der Waals surface area contributed by atoms with Crippen LogP contribution >= 0.6 is 11.8 Å². The number of H-pyrrole nitrogens is 2. The first kappa shape index (κ1) is 83.9. The summed E-state index contributed by atoms with van der Waals surface area (Å²) < 4.78 is 6.31. The first-order valence-electron chi connectivity index (χ1n) is 33.8. The molecule has 18 N–H and O–H groups in total. The van der Waals surface area contributed by atoms with Gasteiger partial charge in [0.2, 0.25) is 53.2 Å². The van der Waals surface area contributed by atoms with Gasteiger partial charge in [0.1, 0.15) is 54.1 Å². The number of aliphatic hydroxyl groups excluding tert-OH is 1. The molecule has 0 bridgehead atoms. The molecule has 2 unspecified atom stereocenters. The van der Waals surface area contributed by atoms with E-state index in [0.717, 1.165) is 0 Å². The Bertz CT molecular complexity index is 3490. The minimum atomic E-state index is -1.50. The van der Waals surface area contributed by atoms with E-state index in [2.05, 4.69) is 57.5 Å². The number of amides is 10. The van der Waals surface area contributed by atoms with E-state index in [-0.39, 0.29) is 121 Å². The van der Waals surface area contributed by atoms with Gasteiger partial charge in [-0.2, -0.15) is 11.8 Å². The minimum Gasteiger partial charge on any atom is -0.480 e. The zero-order valence-corrected chi connectivity index (χ0v) is 59.8. The number of carbonyl (C=O) groups is 13. The van der Waals surface area contributed by atoms with E-state index in [4.69, 9.17) is 16.2 Å². The van der Waals surface area contributed by atoms with Crippen LogP contribution in [0.3, 0.4) is 0 Å². The maximum absolute atomic E-state index is 14.5. The number of hydrogen-bond donors (Lipinski definition) is 16. The van der Waals surface area contributed by atoms with Crippen LogP contribution in [0.25, 0.3) is 10.9 Å². The normalized spacial score (nSPS) is 16.3. The van der Waals surface area contributed by atoms with Gasteiger partial charge in [-0.15, -0.1) is 0 Å². The molecule has 1 aliphatic heterocycles. The number of nitrogens with two attached hydrogens (primary N) is 2. The van der Waals surface area contributed by atoms with Crippen molar-refractivity contribution in [3.05, 3.63) is 84.1 Å². The average molecular weight is 1460 g/mol. The van der Waals surface area contributed by atoms with Gasteiger partial charge in [0, 0.05) is 106 Å². The van der Waals surface area contributed by atoms with E-state index in [0.29, 0.717) is 27.9 Å². The van der Waals surface area contributed by atoms with Gasteiger partial charge in [-0.25, -0.2) is 4.98 Å². The molecule has 1 aliphatic rings. The number of fused-ring (bicyclic) bond motifs is 1. The average Bonchev–Trinajstić information content (AvgIpc) is 1.71. The number of nitrogens with one attached hydrogen (secondary N) is 10. The molecule has 566 valence electrons. The predicted molar refractivity (Wildman–Crippen MR) is 377 cm³/mol. The molecule has 4 aromatic rings. The Morgan fingerprint density at radius 1 is 0.602 bits per heavy atom. The summed E-state index contributed by atoms with van der Waals surface area (Å²) in [4.78, 5) is 189. The minimum absolute atomic E-state index is 0.0101. The van der Waals surface area contributed by atoms with Crippen molar-refractivity contribution >= 4 is 99.6 Å². The van der Waals surface area contributed by atoms with Crippen LogP contribution in [0.1, 0.15) is 88.8 Å². The molecule has 1 fully saturated rings. The number of aromatic nitrogens is 3. The van der Waals surface area contributed by atoms with Gasteiger partial charge in [-0.3, -0.25) is 81.9 Å². The highest BCUT2D eigenvalue weighted by atomic mass is 32.2. The van der Waals surface area contributed by atoms with Gasteiger partial charge < -0.3 is 89.1 Å². The molecule has 0 radical (unpaired) electrons. The second-order valence-corrected chi connectivity index (χ2v) is 27.0. The highest BCUT2D eigenvalue weighted by Gasteiger charge is 2.35. The highest BCUT2D eigenvalue weighted by molar-refractivity contribution is 7.98. The number of aliphatic carboxylic acids is 3. The Hall–Kier alpha value is -9.75. The van der Waals surface area contributed by atoms with Crippen molar-refractivity contribution in [3.63, 3.8) is 0 Å². The molecule has 103 heavy (non-hydrogen) atoms. The summed E-state index contributed by atoms with van der Waals surface area (Å²) in [6.45, 7) is 8.99. The van der Waals surface area contributed by atoms with E-state index >= 15 is 0 Å². The summed E-state index contributed by atoms with van der Waals surface area (Å²) in [5, 5.41) is 61.8. The Morgan fingerprint density at radius 3 is 1.68 bits per heavy atom. The van der Waals surface area contributed by atoms with Gasteiger partial charge in [0.15, 0.2) is 6.23 Å². The Labute approximate surface area is 600 Å². The predicted octanol–water partition coefficient (Wildman–Crippen LogP) is -2.71. The smallest absolute Gasteiger partial charge is 0.317 e. The number of thioether (sulfide) groups is 1. The number of hydrogen-bond acceptors (Lipinski definition) is 21. The molecule has 0 saturated carbocycles. The van der Waals surface area contributed by atoms with E-state index in [1.165, 1.54) is 62.4 Å². The van der Waals surface area contributed by atoms with Crippen molar-refractivity contribution in [2.75, 3.05) is 90.5 Å². The number of nitrogens with zero attached hydrogens (tertiary/aromatic N) is 5. The number of carbonyl (C=O) groups excluding carboxylic acids is 10. The van der Waals surface area contributed by atoms with E-state index in [1.54, 1.807) is 63.9 Å². The number of aromatic amines is 2. The van der Waals surface area contributed by atoms with Crippen LogP contribution in [0.2, 0.25) is 0 Å². The molecule has 1 saturated heterocycles. The Balaban J connectivity index is 1.29. The quantitative estimate of drug-likeness (QED) is 0.0215. The lowest BCUT2D eigenvalue weighted by Crippen LogP contribution is -2.59. The Kier molecular flexibility index (Phi) is 34.2. The molecule has 3 heterocycles. The van der Waals surface area contributed by atoms with E-state index < -0.39 is 150 Å². The summed E-state index contributed by atoms with van der Waals surface area (Å²) in [6, 6.07) is 3.54. The van der Waals surface area contributed by atoms with Crippen molar-refractivity contribution in [2.45, 2.75) is 135 Å². The van der Waals surface area contributed by atoms with Crippen molar-refractivity contribution < 1.29 is 87.5 Å². The largest absolute Gasteiger partial charge is 0.480 e. The standard InChI is InChI=1S/C67H99N17O18S/c1-38(2)28-50(64(99)76-48(59(69)94)18-27-103-7)78-65(100)52(30-44-32-70-37-73-44)75-54(87)33-72-66(101)58(39(3)4)80-60(95)40(5)74-63(98)51(29-43-31-71-47-11-9-8-10-46(43)47)79-62(97)49(16-17-53(68)86)77-61(96)42-12-14-45(15-13-42)102-67(41(6)85)84-25-23-82(35-56(90)91)21-19-81(34-55(88)89)20-22-83(24-26-84)36-57(92)93/h8-15,31-32,37-41,48-52,58,67,71,85H,16-30,33-36H2,1-7H3,(H2,68,86)(H2,69,94)(H,70,73)(H,72,101)(H,74,98)(H,75,87)(H,76,99)(H,77,96)(H,78,100)(H,79,97)(H,80,95)(H,88,89)(H,90,91)(H,92,93)/t40-,41?,48-,49-,50-,51-,52-,58-,67?/m0/s1. The zero-order chi connectivity index (χ0) is 76.0. The van der Waals surface area contributed by atoms with Crippen LogP contribution in [-0.4, -0.2) is 277 Å². The van der Waals surface area contributed by atoms with E-state index in [1.807, 2.05) is 20.1 Å². The van der Waals surface area contributed by atoms with Gasteiger partial charge in [-0.1, -0.05) is 45.9 Å². The molecular formula is C67H99N17O18S. The van der Waals surface area contributed by atoms with Crippen LogP contribution in [0.4, 0.5) is 0 Å². The molecule has 35 nitrogen and oxygen atoms in total.